The average Bonchev–Trinajstić information content (AvgIpc) is 1.88. The largest absolute Gasteiger partial charge is 0.0930 e. The Hall–Kier alpha value is -0.285. The molecule has 0 saturated carbocycles. The highest BCUT2D eigenvalue weighted by molar-refractivity contribution is 7.80. The quantitative estimate of drug-likeness (QED) is 0.429. The topological polar surface area (TPSA) is 0 Å². The van der Waals surface area contributed by atoms with E-state index < -0.39 is 7.26 Å². The first-order valence-corrected chi connectivity index (χ1v) is 6.61. The van der Waals surface area contributed by atoms with Crippen molar-refractivity contribution in [3.8, 4) is 0 Å². The first-order chi connectivity index (χ1) is 4.61. The highest BCUT2D eigenvalue weighted by atomic mass is 31.2. The van der Waals surface area contributed by atoms with Gasteiger partial charge in [0.25, 0.3) is 0 Å². The summed E-state index contributed by atoms with van der Waals surface area (Å²) in [5.41, 5.74) is 0. The third kappa shape index (κ3) is 3.07. The predicted molar refractivity (Wildman–Crippen MR) is 62.1 cm³/mol. The van der Waals surface area contributed by atoms with E-state index in [1.165, 1.54) is 5.30 Å². The van der Waals surface area contributed by atoms with E-state index in [1.54, 1.807) is 0 Å². The second-order valence-electron chi connectivity index (χ2n) is 3.35. The molecule has 0 radical (unpaired) electrons. The fraction of sp³-hybridized carbons (Fsp3) is 0.333. The third-order valence-corrected chi connectivity index (χ3v) is 3.38. The van der Waals surface area contributed by atoms with E-state index >= 15 is 0 Å². The molecule has 0 amide bonds. The molecule has 0 bridgehead atoms. The van der Waals surface area contributed by atoms with E-state index in [2.05, 4.69) is 50.3 Å². The molecule has 0 aliphatic carbocycles. The van der Waals surface area contributed by atoms with Crippen molar-refractivity contribution in [1.82, 2.24) is 0 Å². The van der Waals surface area contributed by atoms with Crippen molar-refractivity contribution in [2.24, 2.45) is 0 Å². The maximum atomic E-state index is 2.34. The van der Waals surface area contributed by atoms with Crippen LogP contribution in [0.4, 0.5) is 0 Å². The third-order valence-electron chi connectivity index (χ3n) is 1.53. The lowest BCUT2D eigenvalue weighted by Crippen LogP contribution is -2.05. The Bertz CT molecular complexity index is 201. The molecule has 0 N–H and O–H groups in total. The minimum absolute atomic E-state index is 0. The van der Waals surface area contributed by atoms with Crippen LogP contribution in [-0.2, 0) is 0 Å². The summed E-state index contributed by atoms with van der Waals surface area (Å²) in [5.74, 6) is 0. The highest BCUT2D eigenvalue weighted by Gasteiger charge is 2.19. The standard InChI is InChI=1S/C9H14P.BH4/c1-10(2,3)9-7-5-4-6-8-9;/h4-8H,1-3H3;1H4/q+1;-1. The van der Waals surface area contributed by atoms with Gasteiger partial charge in [-0.05, 0) is 12.1 Å². The SMILES string of the molecule is C[P+](C)(C)c1ccccc1.[BH4-]. The molecule has 2 heteroatoms. The van der Waals surface area contributed by atoms with Crippen molar-refractivity contribution < 1.29 is 0 Å². The molecule has 0 aliphatic heterocycles. The van der Waals surface area contributed by atoms with Crippen LogP contribution in [0.15, 0.2) is 30.3 Å². The number of rotatable bonds is 1. The van der Waals surface area contributed by atoms with Gasteiger partial charge in [0.05, 0.1) is 25.3 Å². The van der Waals surface area contributed by atoms with Crippen LogP contribution in [0, 0.1) is 0 Å². The normalized spacial score (nSPS) is 10.5. The number of hydrogen-bond acceptors (Lipinski definition) is 0. The molecular formula is C9H18BP. The summed E-state index contributed by atoms with van der Waals surface area (Å²) in [6, 6.07) is 10.7. The van der Waals surface area contributed by atoms with Gasteiger partial charge in [0, 0.05) is 7.26 Å². The van der Waals surface area contributed by atoms with Crippen LogP contribution in [0.3, 0.4) is 0 Å². The zero-order chi connectivity index (χ0) is 7.61. The molecule has 0 aromatic heterocycles. The van der Waals surface area contributed by atoms with Crippen LogP contribution >= 0.6 is 7.26 Å². The van der Waals surface area contributed by atoms with Crippen LogP contribution in [0.25, 0.3) is 0 Å². The fourth-order valence-corrected chi connectivity index (χ4v) is 1.94. The van der Waals surface area contributed by atoms with Crippen molar-refractivity contribution in [3.63, 3.8) is 0 Å². The van der Waals surface area contributed by atoms with Gasteiger partial charge in [0.2, 0.25) is 0 Å². The molecule has 0 aliphatic rings. The molecule has 0 spiro atoms. The second kappa shape index (κ2) is 3.92. The molecule has 1 aromatic rings. The van der Waals surface area contributed by atoms with Gasteiger partial charge in [-0.15, -0.1) is 0 Å². The monoisotopic (exact) mass is 168 g/mol. The van der Waals surface area contributed by atoms with Crippen molar-refractivity contribution in [3.05, 3.63) is 30.3 Å². The van der Waals surface area contributed by atoms with Crippen molar-refractivity contribution in [2.45, 2.75) is 0 Å². The second-order valence-corrected chi connectivity index (χ2v) is 7.89. The highest BCUT2D eigenvalue weighted by Crippen LogP contribution is 2.44. The summed E-state index contributed by atoms with van der Waals surface area (Å²) in [6.07, 6.45) is 0. The molecular weight excluding hydrogens is 150 g/mol. The summed E-state index contributed by atoms with van der Waals surface area (Å²) in [4.78, 5) is 0. The summed E-state index contributed by atoms with van der Waals surface area (Å²) < 4.78 is 0. The molecule has 1 rings (SSSR count). The Balaban J connectivity index is 0.000001000. The van der Waals surface area contributed by atoms with Gasteiger partial charge < -0.3 is 0 Å². The van der Waals surface area contributed by atoms with Crippen LogP contribution in [0.2, 0.25) is 0 Å². The van der Waals surface area contributed by atoms with Gasteiger partial charge >= 0.3 is 0 Å². The molecule has 11 heavy (non-hydrogen) atoms. The summed E-state index contributed by atoms with van der Waals surface area (Å²) in [6.45, 7) is 7.01. The maximum absolute atomic E-state index is 2.34. The van der Waals surface area contributed by atoms with Gasteiger partial charge in [-0.1, -0.05) is 26.6 Å². The Morgan fingerprint density at radius 3 is 1.64 bits per heavy atom. The lowest BCUT2D eigenvalue weighted by atomic mass is 10.4. The van der Waals surface area contributed by atoms with E-state index in [-0.39, 0.29) is 8.41 Å². The average molecular weight is 168 g/mol. The van der Waals surface area contributed by atoms with Gasteiger partial charge in [-0.2, -0.15) is 0 Å². The van der Waals surface area contributed by atoms with Crippen LogP contribution in [0.5, 0.6) is 0 Å². The molecule has 0 atom stereocenters. The molecule has 1 aromatic carbocycles. The maximum Gasteiger partial charge on any atom is 0.0930 e. The summed E-state index contributed by atoms with van der Waals surface area (Å²) in [7, 11) is -0.768. The number of benzene rings is 1. The van der Waals surface area contributed by atoms with E-state index in [1.807, 2.05) is 0 Å². The Kier molecular flexibility index (Phi) is 3.82. The predicted octanol–water partition coefficient (Wildman–Crippen LogP) is 0.767. The smallest absolute Gasteiger partial charge is 0.0626 e. The van der Waals surface area contributed by atoms with E-state index in [9.17, 15) is 0 Å². The summed E-state index contributed by atoms with van der Waals surface area (Å²) >= 11 is 0. The van der Waals surface area contributed by atoms with Gasteiger partial charge in [-0.25, -0.2) is 0 Å². The molecule has 0 fully saturated rings. The molecule has 0 unspecified atom stereocenters. The van der Waals surface area contributed by atoms with Crippen molar-refractivity contribution >= 4 is 21.0 Å². The minimum Gasteiger partial charge on any atom is -0.0626 e. The molecule has 0 saturated heterocycles. The van der Waals surface area contributed by atoms with Crippen LogP contribution in [0.1, 0.15) is 0 Å². The zero-order valence-corrected chi connectivity index (χ0v) is 7.73. The van der Waals surface area contributed by atoms with E-state index in [0.717, 1.165) is 0 Å². The number of hydrogen-bond donors (Lipinski definition) is 0. The van der Waals surface area contributed by atoms with Crippen molar-refractivity contribution in [2.75, 3.05) is 20.0 Å². The molecule has 0 nitrogen and oxygen atoms in total. The Morgan fingerprint density at radius 2 is 1.36 bits per heavy atom. The fourth-order valence-electron chi connectivity index (χ4n) is 0.875. The van der Waals surface area contributed by atoms with E-state index in [0.29, 0.717) is 0 Å². The lowest BCUT2D eigenvalue weighted by molar-refractivity contribution is 1.75. The van der Waals surface area contributed by atoms with Gasteiger partial charge in [-0.3, -0.25) is 0 Å². The van der Waals surface area contributed by atoms with Gasteiger partial charge in [0.1, 0.15) is 0 Å². The van der Waals surface area contributed by atoms with Crippen LogP contribution < -0.4 is 5.30 Å². The molecule has 62 valence electrons. The van der Waals surface area contributed by atoms with E-state index in [4.69, 9.17) is 0 Å². The zero-order valence-electron chi connectivity index (χ0n) is 6.83. The Morgan fingerprint density at radius 1 is 0.909 bits per heavy atom. The van der Waals surface area contributed by atoms with Gasteiger partial charge in [0.15, 0.2) is 0 Å². The first-order valence-electron chi connectivity index (χ1n) is 3.48. The van der Waals surface area contributed by atoms with Crippen molar-refractivity contribution in [1.29, 1.82) is 0 Å². The first kappa shape index (κ1) is 10.7. The summed E-state index contributed by atoms with van der Waals surface area (Å²) in [5, 5.41) is 1.51. The van der Waals surface area contributed by atoms with Crippen LogP contribution in [-0.4, -0.2) is 28.4 Å². The molecule has 0 heterocycles. The lowest BCUT2D eigenvalue weighted by Gasteiger charge is -2.10. The Labute approximate surface area is 71.9 Å². The minimum atomic E-state index is -0.768.